The van der Waals surface area contributed by atoms with Gasteiger partial charge in [0.15, 0.2) is 0 Å². The Morgan fingerprint density at radius 1 is 1.44 bits per heavy atom. The number of sulfonamides is 1. The lowest BCUT2D eigenvalue weighted by Gasteiger charge is -2.08. The topological polar surface area (TPSA) is 84.1 Å². The molecule has 0 spiro atoms. The molecule has 18 heavy (non-hydrogen) atoms. The summed E-state index contributed by atoms with van der Waals surface area (Å²) in [7, 11) is -2.45. The third kappa shape index (κ3) is 2.43. The smallest absolute Gasteiger partial charge is 0.265 e. The van der Waals surface area contributed by atoms with Crippen molar-refractivity contribution in [2.45, 2.75) is 4.90 Å². The van der Waals surface area contributed by atoms with Gasteiger partial charge in [-0.25, -0.2) is 12.8 Å². The molecule has 0 atom stereocenters. The van der Waals surface area contributed by atoms with Crippen molar-refractivity contribution < 1.29 is 17.5 Å². The zero-order valence-electron chi connectivity index (χ0n) is 9.34. The van der Waals surface area contributed by atoms with E-state index in [1.54, 1.807) is 0 Å². The summed E-state index contributed by atoms with van der Waals surface area (Å²) in [5.41, 5.74) is -0.185. The molecule has 6 nitrogen and oxygen atoms in total. The lowest BCUT2D eigenvalue weighted by molar-refractivity contribution is 0.414. The fraction of sp³-hybridized carbons (Fsp3) is 0.100. The molecule has 2 rings (SSSR count). The van der Waals surface area contributed by atoms with Gasteiger partial charge in [-0.05, 0) is 12.1 Å². The quantitative estimate of drug-likeness (QED) is 0.879. The van der Waals surface area contributed by atoms with Gasteiger partial charge in [-0.15, -0.1) is 0 Å². The summed E-state index contributed by atoms with van der Waals surface area (Å²) in [4.78, 5) is -0.0790. The molecule has 0 amide bonds. The van der Waals surface area contributed by atoms with Crippen LogP contribution in [0.5, 0.6) is 5.75 Å². The van der Waals surface area contributed by atoms with Crippen molar-refractivity contribution in [3.05, 3.63) is 36.4 Å². The number of aromatic nitrogens is 2. The highest BCUT2D eigenvalue weighted by atomic mass is 32.2. The minimum atomic E-state index is -3.86. The Labute approximate surface area is 103 Å². The van der Waals surface area contributed by atoms with Crippen LogP contribution in [0.3, 0.4) is 0 Å². The number of ether oxygens (including phenoxy) is 1. The number of benzene rings is 1. The van der Waals surface area contributed by atoms with E-state index >= 15 is 0 Å². The fourth-order valence-corrected chi connectivity index (χ4v) is 2.26. The molecule has 1 aromatic carbocycles. The lowest BCUT2D eigenvalue weighted by atomic mass is 10.3. The van der Waals surface area contributed by atoms with Gasteiger partial charge >= 0.3 is 0 Å². The lowest BCUT2D eigenvalue weighted by Crippen LogP contribution is -2.13. The van der Waals surface area contributed by atoms with Gasteiger partial charge in [0, 0.05) is 12.3 Å². The van der Waals surface area contributed by atoms with E-state index in [2.05, 4.69) is 14.9 Å². The number of aromatic amines is 1. The summed E-state index contributed by atoms with van der Waals surface area (Å²) in [5.74, 6) is -0.343. The molecule has 0 bridgehead atoms. The van der Waals surface area contributed by atoms with Crippen LogP contribution < -0.4 is 9.46 Å². The molecule has 0 aliphatic carbocycles. The second-order valence-electron chi connectivity index (χ2n) is 3.39. The predicted molar refractivity (Wildman–Crippen MR) is 62.3 cm³/mol. The molecule has 1 heterocycles. The minimum absolute atomic E-state index is 0.0790. The van der Waals surface area contributed by atoms with Crippen molar-refractivity contribution >= 4 is 15.7 Å². The molecule has 0 unspecified atom stereocenters. The summed E-state index contributed by atoms with van der Waals surface area (Å²) >= 11 is 0. The Balaban J connectivity index is 2.35. The van der Waals surface area contributed by atoms with E-state index in [4.69, 9.17) is 4.74 Å². The van der Waals surface area contributed by atoms with Crippen LogP contribution in [0.4, 0.5) is 10.1 Å². The SMILES string of the molecule is COc1ccc(F)c(NS(=O)(=O)c2cn[nH]c2)c1. The summed E-state index contributed by atoms with van der Waals surface area (Å²) in [6, 6.07) is 3.77. The van der Waals surface area contributed by atoms with Gasteiger partial charge in [-0.1, -0.05) is 0 Å². The minimum Gasteiger partial charge on any atom is -0.497 e. The number of anilines is 1. The van der Waals surface area contributed by atoms with Crippen LogP contribution in [0.1, 0.15) is 0 Å². The number of methoxy groups -OCH3 is 1. The maximum absolute atomic E-state index is 13.5. The highest BCUT2D eigenvalue weighted by molar-refractivity contribution is 7.92. The maximum atomic E-state index is 13.5. The highest BCUT2D eigenvalue weighted by Gasteiger charge is 2.17. The van der Waals surface area contributed by atoms with Crippen LogP contribution in [0, 0.1) is 5.82 Å². The molecule has 0 radical (unpaired) electrons. The van der Waals surface area contributed by atoms with Gasteiger partial charge in [-0.2, -0.15) is 5.10 Å². The average Bonchev–Trinajstić information content (AvgIpc) is 2.86. The van der Waals surface area contributed by atoms with Gasteiger partial charge < -0.3 is 4.74 Å². The number of hydrogen-bond acceptors (Lipinski definition) is 4. The van der Waals surface area contributed by atoms with Gasteiger partial charge in [-0.3, -0.25) is 9.82 Å². The molecule has 2 aromatic rings. The van der Waals surface area contributed by atoms with Crippen LogP contribution in [-0.4, -0.2) is 25.7 Å². The van der Waals surface area contributed by atoms with Gasteiger partial charge in [0.25, 0.3) is 10.0 Å². The van der Waals surface area contributed by atoms with E-state index in [-0.39, 0.29) is 10.6 Å². The van der Waals surface area contributed by atoms with Crippen LogP contribution >= 0.6 is 0 Å². The van der Waals surface area contributed by atoms with E-state index in [9.17, 15) is 12.8 Å². The van der Waals surface area contributed by atoms with Crippen LogP contribution in [0.25, 0.3) is 0 Å². The zero-order valence-corrected chi connectivity index (χ0v) is 10.2. The van der Waals surface area contributed by atoms with E-state index in [0.717, 1.165) is 12.3 Å². The Hall–Kier alpha value is -2.09. The number of rotatable bonds is 4. The average molecular weight is 271 g/mol. The van der Waals surface area contributed by atoms with E-state index in [0.29, 0.717) is 5.75 Å². The summed E-state index contributed by atoms with van der Waals surface area (Å²) in [6.07, 6.45) is 2.32. The van der Waals surface area contributed by atoms with Crippen molar-refractivity contribution in [3.8, 4) is 5.75 Å². The molecule has 0 fully saturated rings. The van der Waals surface area contributed by atoms with E-state index in [1.807, 2.05) is 0 Å². The highest BCUT2D eigenvalue weighted by Crippen LogP contribution is 2.23. The van der Waals surface area contributed by atoms with E-state index < -0.39 is 15.8 Å². The predicted octanol–water partition coefficient (Wildman–Crippen LogP) is 1.36. The second-order valence-corrected chi connectivity index (χ2v) is 5.07. The first-order valence-corrected chi connectivity index (χ1v) is 6.36. The first kappa shape index (κ1) is 12.4. The molecular weight excluding hydrogens is 261 g/mol. The largest absolute Gasteiger partial charge is 0.497 e. The normalized spacial score (nSPS) is 11.2. The zero-order chi connectivity index (χ0) is 13.2. The standard InChI is InChI=1S/C10H10FN3O3S/c1-17-7-2-3-9(11)10(4-7)14-18(15,16)8-5-12-13-6-8/h2-6,14H,1H3,(H,12,13). The molecule has 96 valence electrons. The van der Waals surface area contributed by atoms with E-state index in [1.165, 1.54) is 25.4 Å². The van der Waals surface area contributed by atoms with Crippen LogP contribution in [-0.2, 0) is 10.0 Å². The Kier molecular flexibility index (Phi) is 3.19. The molecule has 8 heteroatoms. The molecule has 0 aliphatic rings. The van der Waals surface area contributed by atoms with Crippen molar-refractivity contribution in [2.75, 3.05) is 11.8 Å². The number of nitrogens with one attached hydrogen (secondary N) is 2. The molecule has 1 aromatic heterocycles. The van der Waals surface area contributed by atoms with Crippen molar-refractivity contribution in [2.24, 2.45) is 0 Å². The van der Waals surface area contributed by atoms with Crippen LogP contribution in [0.2, 0.25) is 0 Å². The first-order chi connectivity index (χ1) is 8.53. The van der Waals surface area contributed by atoms with Crippen LogP contribution in [0.15, 0.2) is 35.5 Å². The van der Waals surface area contributed by atoms with Crippen molar-refractivity contribution in [3.63, 3.8) is 0 Å². The second kappa shape index (κ2) is 4.65. The number of nitrogens with zero attached hydrogens (tertiary/aromatic N) is 1. The number of hydrogen-bond donors (Lipinski definition) is 2. The molecular formula is C10H10FN3O3S. The Morgan fingerprint density at radius 3 is 2.83 bits per heavy atom. The third-order valence-corrected chi connectivity index (χ3v) is 3.53. The Bertz CT molecular complexity index is 640. The maximum Gasteiger partial charge on any atom is 0.265 e. The molecule has 0 aliphatic heterocycles. The summed E-state index contributed by atoms with van der Waals surface area (Å²) < 4.78 is 44.2. The van der Waals surface area contributed by atoms with Gasteiger partial charge in [0.05, 0.1) is 19.0 Å². The molecule has 0 saturated carbocycles. The Morgan fingerprint density at radius 2 is 2.22 bits per heavy atom. The van der Waals surface area contributed by atoms with Gasteiger partial charge in [0.2, 0.25) is 0 Å². The number of H-pyrrole nitrogens is 1. The number of halogens is 1. The molecule has 2 N–H and O–H groups in total. The van der Waals surface area contributed by atoms with Crippen molar-refractivity contribution in [1.29, 1.82) is 0 Å². The fourth-order valence-electron chi connectivity index (χ4n) is 1.30. The monoisotopic (exact) mass is 271 g/mol. The first-order valence-electron chi connectivity index (χ1n) is 4.88. The summed E-state index contributed by atoms with van der Waals surface area (Å²) in [6.45, 7) is 0. The van der Waals surface area contributed by atoms with Gasteiger partial charge in [0.1, 0.15) is 16.5 Å². The summed E-state index contributed by atoms with van der Waals surface area (Å²) in [5, 5.41) is 5.89. The van der Waals surface area contributed by atoms with Crippen molar-refractivity contribution in [1.82, 2.24) is 10.2 Å². The third-order valence-electron chi connectivity index (χ3n) is 2.20. The molecule has 0 saturated heterocycles.